The molecule has 0 radical (unpaired) electrons. The van der Waals surface area contributed by atoms with E-state index < -0.39 is 0 Å². The third-order valence-electron chi connectivity index (χ3n) is 3.31. The Labute approximate surface area is 144 Å². The number of amides is 1. The maximum absolute atomic E-state index is 12.7. The van der Waals surface area contributed by atoms with Gasteiger partial charge in [0, 0.05) is 5.56 Å². The van der Waals surface area contributed by atoms with Gasteiger partial charge in [-0.3, -0.25) is 9.69 Å². The van der Waals surface area contributed by atoms with Crippen LogP contribution in [0, 0.1) is 0 Å². The Kier molecular flexibility index (Phi) is 4.79. The molecule has 0 saturated carbocycles. The Balaban J connectivity index is 1.94. The molecular formula is C18H15NO2S2. The largest absolute Gasteiger partial charge is 0.493 e. The first-order valence-corrected chi connectivity index (χ1v) is 8.48. The average molecular weight is 341 g/mol. The molecule has 23 heavy (non-hydrogen) atoms. The van der Waals surface area contributed by atoms with E-state index in [9.17, 15) is 4.79 Å². The van der Waals surface area contributed by atoms with E-state index in [1.54, 1.807) is 4.90 Å². The molecule has 5 heteroatoms. The van der Waals surface area contributed by atoms with Crippen LogP contribution >= 0.6 is 24.0 Å². The fourth-order valence-corrected chi connectivity index (χ4v) is 3.59. The number of nitrogens with zero attached hydrogens (tertiary/aromatic N) is 1. The zero-order valence-electron chi connectivity index (χ0n) is 12.6. The van der Waals surface area contributed by atoms with Crippen LogP contribution in [0.4, 0.5) is 5.69 Å². The highest BCUT2D eigenvalue weighted by Crippen LogP contribution is 2.36. The van der Waals surface area contributed by atoms with Crippen molar-refractivity contribution < 1.29 is 9.53 Å². The van der Waals surface area contributed by atoms with Crippen LogP contribution in [0.3, 0.4) is 0 Å². The molecule has 116 valence electrons. The Bertz CT molecular complexity index is 772. The number of para-hydroxylation sites is 2. The minimum absolute atomic E-state index is 0.0995. The number of anilines is 1. The second kappa shape index (κ2) is 6.98. The second-order valence-electron chi connectivity index (χ2n) is 4.82. The van der Waals surface area contributed by atoms with Gasteiger partial charge < -0.3 is 4.74 Å². The minimum atomic E-state index is -0.0995. The van der Waals surface area contributed by atoms with Crippen molar-refractivity contribution in [1.82, 2.24) is 0 Å². The highest BCUT2D eigenvalue weighted by Gasteiger charge is 2.33. The summed E-state index contributed by atoms with van der Waals surface area (Å²) in [4.78, 5) is 14.9. The topological polar surface area (TPSA) is 29.5 Å². The molecule has 3 nitrogen and oxygen atoms in total. The highest BCUT2D eigenvalue weighted by atomic mass is 32.2. The maximum Gasteiger partial charge on any atom is 0.270 e. The maximum atomic E-state index is 12.7. The number of thiocarbonyl (C=S) groups is 1. The van der Waals surface area contributed by atoms with Crippen molar-refractivity contribution in [3.05, 3.63) is 65.1 Å². The Hall–Kier alpha value is -2.11. The fourth-order valence-electron chi connectivity index (χ4n) is 2.30. The normalized spacial score (nSPS) is 16.2. The molecule has 1 fully saturated rings. The first-order valence-electron chi connectivity index (χ1n) is 7.25. The van der Waals surface area contributed by atoms with Crippen LogP contribution in [0.5, 0.6) is 5.75 Å². The molecule has 0 spiro atoms. The van der Waals surface area contributed by atoms with Gasteiger partial charge in [-0.1, -0.05) is 60.4 Å². The van der Waals surface area contributed by atoms with Crippen LogP contribution in [0.2, 0.25) is 0 Å². The third-order valence-corrected chi connectivity index (χ3v) is 4.62. The third kappa shape index (κ3) is 3.30. The Morgan fingerprint density at radius 2 is 1.83 bits per heavy atom. The van der Waals surface area contributed by atoms with Gasteiger partial charge in [0.1, 0.15) is 5.75 Å². The SMILES string of the molecule is CCOc1ccccc1/C=C1\SC(=S)N(c2ccccc2)C1=O. The smallest absolute Gasteiger partial charge is 0.270 e. The molecule has 3 rings (SSSR count). The van der Waals surface area contributed by atoms with Gasteiger partial charge in [-0.25, -0.2) is 0 Å². The van der Waals surface area contributed by atoms with Crippen molar-refractivity contribution in [2.24, 2.45) is 0 Å². The van der Waals surface area contributed by atoms with E-state index in [1.165, 1.54) is 11.8 Å². The number of benzene rings is 2. The molecule has 1 saturated heterocycles. The summed E-state index contributed by atoms with van der Waals surface area (Å²) in [5.41, 5.74) is 1.67. The lowest BCUT2D eigenvalue weighted by atomic mass is 10.2. The molecule has 1 aliphatic heterocycles. The van der Waals surface area contributed by atoms with Gasteiger partial charge >= 0.3 is 0 Å². The number of carbonyl (C=O) groups is 1. The molecule has 2 aromatic rings. The van der Waals surface area contributed by atoms with E-state index in [0.717, 1.165) is 17.0 Å². The van der Waals surface area contributed by atoms with E-state index in [1.807, 2.05) is 67.6 Å². The van der Waals surface area contributed by atoms with Crippen LogP contribution < -0.4 is 9.64 Å². The number of hydrogen-bond donors (Lipinski definition) is 0. The second-order valence-corrected chi connectivity index (χ2v) is 6.50. The van der Waals surface area contributed by atoms with Crippen LogP contribution in [0.1, 0.15) is 12.5 Å². The summed E-state index contributed by atoms with van der Waals surface area (Å²) in [6.45, 7) is 2.52. The Morgan fingerprint density at radius 1 is 1.13 bits per heavy atom. The monoisotopic (exact) mass is 341 g/mol. The lowest BCUT2D eigenvalue weighted by Crippen LogP contribution is -2.27. The van der Waals surface area contributed by atoms with Crippen molar-refractivity contribution in [3.8, 4) is 5.75 Å². The standard InChI is InChI=1S/C18H15NO2S2/c1-2-21-15-11-7-6-8-13(15)12-16-17(20)19(18(22)23-16)14-9-4-3-5-10-14/h3-12H,2H2,1H3/b16-12-. The molecule has 1 amide bonds. The summed E-state index contributed by atoms with van der Waals surface area (Å²) in [5.74, 6) is 0.664. The van der Waals surface area contributed by atoms with Gasteiger partial charge in [0.2, 0.25) is 0 Å². The van der Waals surface area contributed by atoms with Gasteiger partial charge in [0.25, 0.3) is 5.91 Å². The molecule has 0 N–H and O–H groups in total. The Morgan fingerprint density at radius 3 is 2.57 bits per heavy atom. The van der Waals surface area contributed by atoms with Crippen LogP contribution in [-0.2, 0) is 4.79 Å². The summed E-state index contributed by atoms with van der Waals surface area (Å²) in [5, 5.41) is 0. The quantitative estimate of drug-likeness (QED) is 0.605. The van der Waals surface area contributed by atoms with E-state index in [4.69, 9.17) is 17.0 Å². The molecular weight excluding hydrogens is 326 g/mol. The van der Waals surface area contributed by atoms with Crippen molar-refractivity contribution in [1.29, 1.82) is 0 Å². The number of thioether (sulfide) groups is 1. The summed E-state index contributed by atoms with van der Waals surface area (Å²) in [6, 6.07) is 17.1. The molecule has 0 aromatic heterocycles. The van der Waals surface area contributed by atoms with Crippen molar-refractivity contribution in [3.63, 3.8) is 0 Å². The molecule has 0 bridgehead atoms. The molecule has 0 aliphatic carbocycles. The van der Waals surface area contributed by atoms with Gasteiger partial charge in [0.15, 0.2) is 4.32 Å². The molecule has 1 aliphatic rings. The number of hydrogen-bond acceptors (Lipinski definition) is 4. The summed E-state index contributed by atoms with van der Waals surface area (Å²) >= 11 is 6.68. The van der Waals surface area contributed by atoms with E-state index >= 15 is 0 Å². The minimum Gasteiger partial charge on any atom is -0.493 e. The van der Waals surface area contributed by atoms with Crippen molar-refractivity contribution in [2.75, 3.05) is 11.5 Å². The summed E-state index contributed by atoms with van der Waals surface area (Å²) < 4.78 is 6.15. The van der Waals surface area contributed by atoms with Crippen molar-refractivity contribution in [2.45, 2.75) is 6.92 Å². The van der Waals surface area contributed by atoms with E-state index in [-0.39, 0.29) is 5.91 Å². The highest BCUT2D eigenvalue weighted by molar-refractivity contribution is 8.27. The van der Waals surface area contributed by atoms with Gasteiger partial charge in [-0.15, -0.1) is 0 Å². The molecule has 0 atom stereocenters. The lowest BCUT2D eigenvalue weighted by Gasteiger charge is -2.13. The van der Waals surface area contributed by atoms with Crippen LogP contribution in [0.25, 0.3) is 6.08 Å². The number of ether oxygens (including phenoxy) is 1. The zero-order chi connectivity index (χ0) is 16.2. The van der Waals surface area contributed by atoms with Crippen molar-refractivity contribution >= 4 is 46.0 Å². The lowest BCUT2D eigenvalue weighted by molar-refractivity contribution is -0.113. The zero-order valence-corrected chi connectivity index (χ0v) is 14.2. The predicted octanol–water partition coefficient (Wildman–Crippen LogP) is 4.49. The average Bonchev–Trinajstić information content (AvgIpc) is 2.84. The van der Waals surface area contributed by atoms with Gasteiger partial charge in [0.05, 0.1) is 17.2 Å². The fraction of sp³-hybridized carbons (Fsp3) is 0.111. The van der Waals surface area contributed by atoms with Crippen LogP contribution in [-0.4, -0.2) is 16.8 Å². The number of rotatable bonds is 4. The summed E-state index contributed by atoms with van der Waals surface area (Å²) in [6.07, 6.45) is 1.84. The van der Waals surface area contributed by atoms with E-state index in [0.29, 0.717) is 15.8 Å². The molecule has 1 heterocycles. The number of carbonyl (C=O) groups excluding carboxylic acids is 1. The first-order chi connectivity index (χ1) is 11.2. The predicted molar refractivity (Wildman–Crippen MR) is 99.7 cm³/mol. The summed E-state index contributed by atoms with van der Waals surface area (Å²) in [7, 11) is 0. The van der Waals surface area contributed by atoms with Crippen LogP contribution in [0.15, 0.2) is 59.5 Å². The van der Waals surface area contributed by atoms with Gasteiger partial charge in [-0.2, -0.15) is 0 Å². The molecule has 0 unspecified atom stereocenters. The molecule has 2 aromatic carbocycles. The first kappa shape index (κ1) is 15.8. The van der Waals surface area contributed by atoms with Gasteiger partial charge in [-0.05, 0) is 31.2 Å². The van der Waals surface area contributed by atoms with E-state index in [2.05, 4.69) is 0 Å².